The van der Waals surface area contributed by atoms with E-state index in [0.717, 1.165) is 11.4 Å². The third-order valence-corrected chi connectivity index (χ3v) is 3.68. The topological polar surface area (TPSA) is 101 Å². The molecule has 2 aromatic rings. The van der Waals surface area contributed by atoms with Gasteiger partial charge in [0, 0.05) is 24.7 Å². The Labute approximate surface area is 154 Å². The molecule has 0 bridgehead atoms. The number of hydrogen-bond acceptors (Lipinski definition) is 5. The van der Waals surface area contributed by atoms with Gasteiger partial charge < -0.3 is 20.5 Å². The van der Waals surface area contributed by atoms with E-state index >= 15 is 0 Å². The summed E-state index contributed by atoms with van der Waals surface area (Å²) in [5.41, 5.74) is 2.10. The predicted molar refractivity (Wildman–Crippen MR) is 96.6 cm³/mol. The Morgan fingerprint density at radius 3 is 2.87 bits per heavy atom. The van der Waals surface area contributed by atoms with Crippen molar-refractivity contribution in [1.82, 2.24) is 14.9 Å². The van der Waals surface area contributed by atoms with Crippen molar-refractivity contribution in [2.24, 2.45) is 0 Å². The minimum atomic E-state index is -0.361. The number of aromatic amines is 1. The number of rotatable bonds is 2. The molecule has 0 unspecified atom stereocenters. The average Bonchev–Trinajstić information content (AvgIpc) is 2.89. The molecule has 4 N–H and O–H groups in total. The van der Waals surface area contributed by atoms with Crippen LogP contribution in [-0.2, 0) is 17.8 Å². The van der Waals surface area contributed by atoms with Gasteiger partial charge in [-0.2, -0.15) is 0 Å². The molecular weight excluding hydrogens is 432 g/mol. The van der Waals surface area contributed by atoms with Crippen LogP contribution in [0.3, 0.4) is 0 Å². The van der Waals surface area contributed by atoms with Crippen LogP contribution in [0.1, 0.15) is 11.4 Å². The number of imidazole rings is 1. The predicted octanol–water partition coefficient (Wildman–Crippen LogP) is 1.97. The van der Waals surface area contributed by atoms with Crippen LogP contribution in [0.5, 0.6) is 11.5 Å². The van der Waals surface area contributed by atoms with Crippen LogP contribution in [0.2, 0.25) is 0 Å². The first-order valence-corrected chi connectivity index (χ1v) is 6.59. The summed E-state index contributed by atoms with van der Waals surface area (Å²) in [5, 5.41) is 21.8. The number of anilines is 1. The largest absolute Gasteiger partial charge is 0.508 e. The molecule has 1 amide bonds. The molecule has 1 aromatic carbocycles. The second-order valence-electron chi connectivity index (χ2n) is 5.15. The molecule has 0 aliphatic carbocycles. The molecule has 3 rings (SSSR count). The van der Waals surface area contributed by atoms with Crippen molar-refractivity contribution >= 4 is 45.6 Å². The highest BCUT2D eigenvalue weighted by atomic mass is 79.9. The molecule has 1 aliphatic heterocycles. The number of aromatic nitrogens is 2. The molecule has 0 radical (unpaired) electrons. The van der Waals surface area contributed by atoms with Crippen molar-refractivity contribution in [1.29, 1.82) is 0 Å². The number of phenols is 2. The zero-order valence-corrected chi connectivity index (χ0v) is 15.7. The number of nitrogens with one attached hydrogen (secondary N) is 2. The number of carbonyl (C=O) groups excluding carboxylic acids is 1. The van der Waals surface area contributed by atoms with Gasteiger partial charge in [-0.1, -0.05) is 0 Å². The number of H-pyrrole nitrogens is 1. The molecule has 1 aliphatic rings. The lowest BCUT2D eigenvalue weighted by Crippen LogP contribution is -2.45. The second-order valence-corrected chi connectivity index (χ2v) is 5.15. The van der Waals surface area contributed by atoms with Crippen molar-refractivity contribution < 1.29 is 15.0 Å². The normalized spacial score (nSPS) is 16.7. The maximum Gasteiger partial charge on any atom is 0.242 e. The first-order valence-electron chi connectivity index (χ1n) is 6.59. The van der Waals surface area contributed by atoms with Crippen molar-refractivity contribution in [2.75, 3.05) is 12.4 Å². The van der Waals surface area contributed by atoms with Crippen LogP contribution in [0.4, 0.5) is 5.69 Å². The number of aromatic hydroxyl groups is 2. The van der Waals surface area contributed by atoms with E-state index in [2.05, 4.69) is 15.3 Å². The van der Waals surface area contributed by atoms with Crippen LogP contribution >= 0.6 is 34.0 Å². The zero-order valence-electron chi connectivity index (χ0n) is 12.3. The van der Waals surface area contributed by atoms with E-state index < -0.39 is 0 Å². The van der Waals surface area contributed by atoms with Gasteiger partial charge in [-0.25, -0.2) is 4.98 Å². The number of hydrogen-bond donors (Lipinski definition) is 4. The maximum absolute atomic E-state index is 12.4. The summed E-state index contributed by atoms with van der Waals surface area (Å²) in [7, 11) is 1.85. The van der Waals surface area contributed by atoms with Gasteiger partial charge in [0.15, 0.2) is 0 Å². The van der Waals surface area contributed by atoms with Gasteiger partial charge in [-0.15, -0.1) is 34.0 Å². The molecule has 7 nitrogen and oxygen atoms in total. The van der Waals surface area contributed by atoms with Crippen molar-refractivity contribution in [3.8, 4) is 11.5 Å². The van der Waals surface area contributed by atoms with Gasteiger partial charge in [-0.3, -0.25) is 9.69 Å². The van der Waals surface area contributed by atoms with E-state index in [-0.39, 0.29) is 63.1 Å². The van der Waals surface area contributed by atoms with Gasteiger partial charge in [0.1, 0.15) is 11.5 Å². The molecule has 1 atom stereocenters. The number of benzene rings is 1. The monoisotopic (exact) mass is 448 g/mol. The lowest BCUT2D eigenvalue weighted by Gasteiger charge is -2.30. The van der Waals surface area contributed by atoms with E-state index in [1.54, 1.807) is 6.33 Å². The fourth-order valence-corrected chi connectivity index (χ4v) is 2.49. The fourth-order valence-electron chi connectivity index (χ4n) is 2.49. The van der Waals surface area contributed by atoms with E-state index in [0.29, 0.717) is 13.0 Å². The van der Waals surface area contributed by atoms with E-state index in [4.69, 9.17) is 0 Å². The standard InChI is InChI=1S/C14H16N4O3.2BrH/c1-18-6-11-9(15-7-16-11)5-12(18)14(21)17-10-4-8(19)2-3-13(10)20;;/h2-4,7,12,19-20H,5-6H2,1H3,(H,15,16)(H,17,21);2*1H/t12-;;/m0../s1. The van der Waals surface area contributed by atoms with Crippen LogP contribution < -0.4 is 5.32 Å². The Hall–Kier alpha value is -1.58. The molecule has 0 saturated heterocycles. The summed E-state index contributed by atoms with van der Waals surface area (Å²) < 4.78 is 0. The van der Waals surface area contributed by atoms with Crippen molar-refractivity contribution in [3.05, 3.63) is 35.9 Å². The SMILES string of the molecule is Br.Br.CN1Cc2nc[nH]c2C[C@H]1C(=O)Nc1cc(O)ccc1O. The molecule has 0 spiro atoms. The number of phenolic OH excluding ortho intramolecular Hbond substituents is 2. The lowest BCUT2D eigenvalue weighted by molar-refractivity contribution is -0.121. The summed E-state index contributed by atoms with van der Waals surface area (Å²) in [6, 6.07) is 3.65. The minimum Gasteiger partial charge on any atom is -0.508 e. The first kappa shape index (κ1) is 19.5. The number of halogens is 2. The highest BCUT2D eigenvalue weighted by molar-refractivity contribution is 8.93. The van der Waals surface area contributed by atoms with Crippen LogP contribution in [-0.4, -0.2) is 44.1 Å². The van der Waals surface area contributed by atoms with Crippen molar-refractivity contribution in [3.63, 3.8) is 0 Å². The third kappa shape index (κ3) is 4.04. The summed E-state index contributed by atoms with van der Waals surface area (Å²) in [4.78, 5) is 21.5. The number of likely N-dealkylation sites (N-methyl/N-ethyl adjacent to an activating group) is 1. The maximum atomic E-state index is 12.4. The summed E-state index contributed by atoms with van der Waals surface area (Å²) in [6.07, 6.45) is 2.15. The first-order chi connectivity index (χ1) is 10.0. The number of carbonyl (C=O) groups is 1. The summed E-state index contributed by atoms with van der Waals surface area (Å²) in [6.45, 7) is 0.586. The highest BCUT2D eigenvalue weighted by Gasteiger charge is 2.30. The molecule has 23 heavy (non-hydrogen) atoms. The van der Waals surface area contributed by atoms with E-state index in [1.165, 1.54) is 18.2 Å². The van der Waals surface area contributed by atoms with Gasteiger partial charge in [0.2, 0.25) is 5.91 Å². The molecule has 0 saturated carbocycles. The number of fused-ring (bicyclic) bond motifs is 1. The summed E-state index contributed by atoms with van der Waals surface area (Å²) >= 11 is 0. The molecule has 9 heteroatoms. The minimum absolute atomic E-state index is 0. The average molecular weight is 450 g/mol. The number of nitrogens with zero attached hydrogens (tertiary/aromatic N) is 2. The highest BCUT2D eigenvalue weighted by Crippen LogP contribution is 2.28. The van der Waals surface area contributed by atoms with Crippen LogP contribution in [0, 0.1) is 0 Å². The smallest absolute Gasteiger partial charge is 0.242 e. The van der Waals surface area contributed by atoms with Gasteiger partial charge in [0.25, 0.3) is 0 Å². The Morgan fingerprint density at radius 2 is 2.13 bits per heavy atom. The molecular formula is C14H18Br2N4O3. The third-order valence-electron chi connectivity index (χ3n) is 3.68. The fraction of sp³-hybridized carbons (Fsp3) is 0.286. The van der Waals surface area contributed by atoms with Gasteiger partial charge in [0.05, 0.1) is 23.8 Å². The van der Waals surface area contributed by atoms with Crippen LogP contribution in [0.15, 0.2) is 24.5 Å². The molecule has 1 aromatic heterocycles. The van der Waals surface area contributed by atoms with E-state index in [9.17, 15) is 15.0 Å². The molecule has 2 heterocycles. The Morgan fingerprint density at radius 1 is 1.39 bits per heavy atom. The zero-order chi connectivity index (χ0) is 15.0. The van der Waals surface area contributed by atoms with Gasteiger partial charge in [-0.05, 0) is 19.2 Å². The second kappa shape index (κ2) is 7.80. The Kier molecular flexibility index (Phi) is 6.60. The Balaban J connectivity index is 0.00000132. The van der Waals surface area contributed by atoms with Crippen LogP contribution in [0.25, 0.3) is 0 Å². The van der Waals surface area contributed by atoms with Gasteiger partial charge >= 0.3 is 0 Å². The quantitative estimate of drug-likeness (QED) is 0.414. The van der Waals surface area contributed by atoms with E-state index in [1.807, 2.05) is 11.9 Å². The lowest BCUT2D eigenvalue weighted by atomic mass is 10.0. The number of amides is 1. The Bertz CT molecular complexity index is 692. The summed E-state index contributed by atoms with van der Waals surface area (Å²) in [5.74, 6) is -0.337. The van der Waals surface area contributed by atoms with Crippen molar-refractivity contribution in [2.45, 2.75) is 19.0 Å². The molecule has 0 fully saturated rings. The molecule has 126 valence electrons.